The van der Waals surface area contributed by atoms with Gasteiger partial charge in [-0.25, -0.2) is 18.2 Å². The Labute approximate surface area is 329 Å². The summed E-state index contributed by atoms with van der Waals surface area (Å²) in [6.45, 7) is 4.80. The Bertz CT molecular complexity index is 2020. The molecule has 1 saturated heterocycles. The van der Waals surface area contributed by atoms with Crippen LogP contribution in [0, 0.1) is 17.8 Å². The second kappa shape index (κ2) is 16.0. The minimum absolute atomic E-state index is 0.0333. The molecule has 6 rings (SSSR count). The van der Waals surface area contributed by atoms with Gasteiger partial charge in [-0.05, 0) is 70.3 Å². The maximum atomic E-state index is 14.7. The summed E-state index contributed by atoms with van der Waals surface area (Å²) in [5.41, 5.74) is -4.51. The van der Waals surface area contributed by atoms with Gasteiger partial charge < -0.3 is 29.7 Å². The minimum Gasteiger partial charge on any atom is -0.494 e. The van der Waals surface area contributed by atoms with E-state index in [-0.39, 0.29) is 31.2 Å². The van der Waals surface area contributed by atoms with Crippen molar-refractivity contribution >= 4 is 44.6 Å². The van der Waals surface area contributed by atoms with Crippen molar-refractivity contribution < 1.29 is 55.0 Å². The number of carbonyl (C=O) groups is 4. The fraction of sp³-hybridized carbons (Fsp3) is 0.615. The van der Waals surface area contributed by atoms with E-state index in [2.05, 4.69) is 20.3 Å². The van der Waals surface area contributed by atoms with Crippen LogP contribution in [0.4, 0.5) is 18.0 Å². The van der Waals surface area contributed by atoms with Crippen molar-refractivity contribution in [1.29, 1.82) is 0 Å². The summed E-state index contributed by atoms with van der Waals surface area (Å²) in [7, 11) is -2.51. The average Bonchev–Trinajstić information content (AvgIpc) is 3.63. The number of hydrogen-bond acceptors (Lipinski definition) is 10. The van der Waals surface area contributed by atoms with Crippen molar-refractivity contribution in [2.75, 3.05) is 13.7 Å². The molecule has 1 aromatic carbocycles. The zero-order valence-electron chi connectivity index (χ0n) is 32.6. The van der Waals surface area contributed by atoms with E-state index in [1.165, 1.54) is 18.2 Å². The predicted molar refractivity (Wildman–Crippen MR) is 201 cm³/mol. The van der Waals surface area contributed by atoms with Crippen LogP contribution in [-0.4, -0.2) is 96.5 Å². The number of aromatic nitrogens is 1. The molecular weight excluding hydrogens is 772 g/mol. The molecule has 18 heteroatoms. The summed E-state index contributed by atoms with van der Waals surface area (Å²) in [6, 6.07) is 4.42. The van der Waals surface area contributed by atoms with Gasteiger partial charge in [0.15, 0.2) is 0 Å². The number of nitrogens with one attached hydrogen (secondary N) is 3. The third-order valence-corrected chi connectivity index (χ3v) is 13.5. The second-order valence-electron chi connectivity index (χ2n) is 16.3. The van der Waals surface area contributed by atoms with Gasteiger partial charge in [0.25, 0.3) is 5.91 Å². The van der Waals surface area contributed by atoms with E-state index >= 15 is 0 Å². The van der Waals surface area contributed by atoms with Crippen molar-refractivity contribution in [2.24, 2.45) is 17.8 Å². The Morgan fingerprint density at radius 3 is 2.40 bits per heavy atom. The van der Waals surface area contributed by atoms with Gasteiger partial charge in [0, 0.05) is 23.1 Å². The number of allylic oxidation sites excluding steroid dienone is 1. The number of benzene rings is 1. The molecule has 1 aromatic heterocycles. The number of hydrogen-bond donors (Lipinski definition) is 3. The van der Waals surface area contributed by atoms with E-state index < -0.39 is 86.4 Å². The molecule has 2 aromatic rings. The monoisotopic (exact) mass is 821 g/mol. The first-order chi connectivity index (χ1) is 26.8. The maximum absolute atomic E-state index is 14.7. The summed E-state index contributed by atoms with van der Waals surface area (Å²) in [5, 5.41) is 5.74. The standard InChI is InChI=1S/C39H50F3N5O9S/c1-22-11-6-7-12-24-19-38(24,35(50)46-57(52,53)26-13-10-14-26)45-32(48)29-18-25(55-33-28-16-9-8-15-27(28)30(54-5)20-43-33)21-47(29)34(49)31(23(2)17-22)44-36(51)56-37(3,4)39(40,41)42/h7-9,12,15-16,20,22-26,29,31H,6,10-11,13-14,17-19,21H2,1-5H3,(H,44,51)(H,45,48)(H,46,50)/b12-7-/t22-,23+,24+,25+,29-,31-,38+/m0/s1. The lowest BCUT2D eigenvalue weighted by atomic mass is 9.88. The number of alkyl halides is 3. The number of carbonyl (C=O) groups excluding carboxylic acids is 4. The summed E-state index contributed by atoms with van der Waals surface area (Å²) in [5.74, 6) is -2.96. The molecule has 2 saturated carbocycles. The molecule has 4 amide bonds. The highest BCUT2D eigenvalue weighted by atomic mass is 32.2. The van der Waals surface area contributed by atoms with Gasteiger partial charge in [-0.2, -0.15) is 13.2 Å². The number of pyridine rings is 1. The van der Waals surface area contributed by atoms with Gasteiger partial charge in [-0.15, -0.1) is 0 Å². The van der Waals surface area contributed by atoms with Crippen LogP contribution in [0.25, 0.3) is 10.8 Å². The quantitative estimate of drug-likeness (QED) is 0.310. The van der Waals surface area contributed by atoms with Gasteiger partial charge in [-0.1, -0.05) is 50.6 Å². The average molecular weight is 822 g/mol. The largest absolute Gasteiger partial charge is 0.494 e. The van der Waals surface area contributed by atoms with Crippen LogP contribution in [-0.2, 0) is 29.1 Å². The first-order valence-electron chi connectivity index (χ1n) is 19.3. The SMILES string of the molecule is COc1cnc(O[C@@H]2C[C@H]3C(=O)N[C@]4(C(=O)NS(=O)(=O)C5CCC5)C[C@H]4/C=C\CC[C@H](C)C[C@@H](C)[C@H](NC(=O)OC(C)(C)C(F)(F)F)C(=O)N3C2)c2ccccc12. The van der Waals surface area contributed by atoms with Crippen LogP contribution < -0.4 is 24.8 Å². The van der Waals surface area contributed by atoms with Crippen LogP contribution in [0.3, 0.4) is 0 Å². The molecule has 312 valence electrons. The Hall–Kier alpha value is -4.61. The molecule has 2 aliphatic carbocycles. The number of sulfonamides is 1. The number of methoxy groups -OCH3 is 1. The van der Waals surface area contributed by atoms with Crippen molar-refractivity contribution in [3.05, 3.63) is 42.6 Å². The van der Waals surface area contributed by atoms with Crippen molar-refractivity contribution in [1.82, 2.24) is 25.2 Å². The predicted octanol–water partition coefficient (Wildman–Crippen LogP) is 4.91. The van der Waals surface area contributed by atoms with E-state index in [0.29, 0.717) is 68.9 Å². The number of halogens is 3. The second-order valence-corrected chi connectivity index (χ2v) is 18.3. The molecular formula is C39H50F3N5O9S. The first kappa shape index (κ1) is 42.0. The number of alkyl carbamates (subject to hydrolysis) is 1. The van der Waals surface area contributed by atoms with Gasteiger partial charge in [0.1, 0.15) is 29.5 Å². The van der Waals surface area contributed by atoms with Crippen molar-refractivity contribution in [3.8, 4) is 11.6 Å². The van der Waals surface area contributed by atoms with Crippen LogP contribution in [0.2, 0.25) is 0 Å². The highest BCUT2D eigenvalue weighted by Gasteiger charge is 2.62. The first-order valence-corrected chi connectivity index (χ1v) is 20.8. The number of amides is 4. The molecule has 7 atom stereocenters. The molecule has 14 nitrogen and oxygen atoms in total. The van der Waals surface area contributed by atoms with Crippen LogP contribution in [0.1, 0.15) is 79.1 Å². The highest BCUT2D eigenvalue weighted by Crippen LogP contribution is 2.46. The molecule has 3 fully saturated rings. The number of fused-ring (bicyclic) bond motifs is 3. The third kappa shape index (κ3) is 8.79. The van der Waals surface area contributed by atoms with Gasteiger partial charge in [0.05, 0.1) is 25.1 Å². The fourth-order valence-corrected chi connectivity index (χ4v) is 9.36. The van der Waals surface area contributed by atoms with Crippen LogP contribution >= 0.6 is 0 Å². The van der Waals surface area contributed by atoms with Gasteiger partial charge >= 0.3 is 12.3 Å². The lowest BCUT2D eigenvalue weighted by Gasteiger charge is -2.34. The Kier molecular flexibility index (Phi) is 11.8. The van der Waals surface area contributed by atoms with Gasteiger partial charge in [-0.3, -0.25) is 19.1 Å². The van der Waals surface area contributed by atoms with Crippen LogP contribution in [0.5, 0.6) is 11.6 Å². The van der Waals surface area contributed by atoms with Gasteiger partial charge in [0.2, 0.25) is 33.3 Å². The Morgan fingerprint density at radius 2 is 1.75 bits per heavy atom. The van der Waals surface area contributed by atoms with Crippen molar-refractivity contribution in [2.45, 2.75) is 120 Å². The fourth-order valence-electron chi connectivity index (χ4n) is 7.80. The molecule has 0 radical (unpaired) electrons. The van der Waals surface area contributed by atoms with Crippen LogP contribution in [0.15, 0.2) is 42.6 Å². The molecule has 0 unspecified atom stereocenters. The Morgan fingerprint density at radius 1 is 1.05 bits per heavy atom. The molecule has 0 bridgehead atoms. The zero-order valence-corrected chi connectivity index (χ0v) is 33.4. The maximum Gasteiger partial charge on any atom is 0.427 e. The van der Waals surface area contributed by atoms with E-state index in [1.54, 1.807) is 25.1 Å². The summed E-state index contributed by atoms with van der Waals surface area (Å²) < 4.78 is 86.1. The third-order valence-electron chi connectivity index (χ3n) is 11.7. The molecule has 57 heavy (non-hydrogen) atoms. The topological polar surface area (TPSA) is 182 Å². The summed E-state index contributed by atoms with van der Waals surface area (Å²) in [6.07, 6.45) is 0.965. The van der Waals surface area contributed by atoms with E-state index in [4.69, 9.17) is 14.2 Å². The Balaban J connectivity index is 1.35. The smallest absolute Gasteiger partial charge is 0.427 e. The number of rotatable bonds is 8. The minimum atomic E-state index is -4.91. The molecule has 2 aliphatic heterocycles. The number of nitrogens with zero attached hydrogens (tertiary/aromatic N) is 2. The van der Waals surface area contributed by atoms with E-state index in [0.717, 1.165) is 0 Å². The normalized spacial score (nSPS) is 29.4. The van der Waals surface area contributed by atoms with E-state index in [9.17, 15) is 40.8 Å². The molecule has 3 heterocycles. The summed E-state index contributed by atoms with van der Waals surface area (Å²) >= 11 is 0. The molecule has 0 spiro atoms. The lowest BCUT2D eigenvalue weighted by molar-refractivity contribution is -0.244. The zero-order chi connectivity index (χ0) is 41.5. The molecule has 3 N–H and O–H groups in total. The van der Waals surface area contributed by atoms with Crippen molar-refractivity contribution in [3.63, 3.8) is 0 Å². The number of ether oxygens (including phenoxy) is 3. The van der Waals surface area contributed by atoms with E-state index in [1.807, 2.05) is 25.1 Å². The lowest BCUT2D eigenvalue weighted by Crippen LogP contribution is -2.60. The molecule has 4 aliphatic rings. The highest BCUT2D eigenvalue weighted by molar-refractivity contribution is 7.90. The summed E-state index contributed by atoms with van der Waals surface area (Å²) in [4.78, 5) is 61.8.